The number of likely N-dealkylation sites (tertiary alicyclic amines) is 1. The van der Waals surface area contributed by atoms with Crippen LogP contribution in [0.4, 0.5) is 0 Å². The maximum atomic E-state index is 5.63. The fraction of sp³-hybridized carbons (Fsp3) is 0.238. The third-order valence-corrected chi connectivity index (χ3v) is 5.12. The summed E-state index contributed by atoms with van der Waals surface area (Å²) >= 11 is 0. The second-order valence-corrected chi connectivity index (χ2v) is 6.80. The summed E-state index contributed by atoms with van der Waals surface area (Å²) < 4.78 is 7.52. The van der Waals surface area contributed by atoms with E-state index in [-0.39, 0.29) is 0 Å². The van der Waals surface area contributed by atoms with E-state index >= 15 is 0 Å². The molecule has 0 spiro atoms. The van der Waals surface area contributed by atoms with Crippen molar-refractivity contribution in [3.63, 3.8) is 0 Å². The number of aromatic nitrogens is 3. The number of nitrogens with zero attached hydrogens (tertiary/aromatic N) is 4. The fourth-order valence-corrected chi connectivity index (χ4v) is 3.87. The molecule has 0 saturated carbocycles. The van der Waals surface area contributed by atoms with Crippen LogP contribution in [0.1, 0.15) is 30.2 Å². The molecule has 1 aliphatic rings. The molecule has 0 bridgehead atoms. The number of hydrogen-bond acceptors (Lipinski definition) is 4. The second-order valence-electron chi connectivity index (χ2n) is 6.80. The Morgan fingerprint density at radius 3 is 2.85 bits per heavy atom. The van der Waals surface area contributed by atoms with E-state index in [2.05, 4.69) is 34.4 Å². The van der Waals surface area contributed by atoms with Crippen LogP contribution in [0, 0.1) is 0 Å². The van der Waals surface area contributed by atoms with Crippen LogP contribution in [-0.2, 0) is 6.54 Å². The molecule has 5 heteroatoms. The normalized spacial score (nSPS) is 17.9. The van der Waals surface area contributed by atoms with Crippen molar-refractivity contribution in [3.8, 4) is 11.1 Å². The molecule has 4 aromatic rings. The topological polar surface area (TPSA) is 46.6 Å². The third kappa shape index (κ3) is 2.70. The van der Waals surface area contributed by atoms with Gasteiger partial charge in [-0.05, 0) is 37.1 Å². The second kappa shape index (κ2) is 6.42. The van der Waals surface area contributed by atoms with E-state index in [4.69, 9.17) is 9.40 Å². The molecule has 26 heavy (non-hydrogen) atoms. The van der Waals surface area contributed by atoms with Gasteiger partial charge in [-0.15, -0.1) is 0 Å². The van der Waals surface area contributed by atoms with E-state index in [9.17, 15) is 0 Å². The first-order valence-electron chi connectivity index (χ1n) is 9.03. The first kappa shape index (κ1) is 15.3. The molecule has 4 heterocycles. The van der Waals surface area contributed by atoms with Crippen LogP contribution in [-0.4, -0.2) is 26.0 Å². The molecule has 0 aliphatic carbocycles. The van der Waals surface area contributed by atoms with Crippen molar-refractivity contribution in [2.24, 2.45) is 0 Å². The minimum absolute atomic E-state index is 0.359. The Bertz CT molecular complexity index is 1010. The van der Waals surface area contributed by atoms with Gasteiger partial charge in [0.05, 0.1) is 18.5 Å². The van der Waals surface area contributed by atoms with Gasteiger partial charge in [0, 0.05) is 30.1 Å². The van der Waals surface area contributed by atoms with Crippen LogP contribution in [0.2, 0.25) is 0 Å². The Morgan fingerprint density at radius 1 is 1.08 bits per heavy atom. The zero-order valence-electron chi connectivity index (χ0n) is 14.5. The third-order valence-electron chi connectivity index (χ3n) is 5.12. The van der Waals surface area contributed by atoms with Crippen LogP contribution in [0.3, 0.4) is 0 Å². The quantitative estimate of drug-likeness (QED) is 0.553. The molecule has 1 unspecified atom stereocenters. The van der Waals surface area contributed by atoms with Crippen LogP contribution < -0.4 is 0 Å². The van der Waals surface area contributed by atoms with Gasteiger partial charge in [0.15, 0.2) is 5.65 Å². The molecule has 0 radical (unpaired) electrons. The Hall–Kier alpha value is -2.92. The minimum atomic E-state index is 0.359. The van der Waals surface area contributed by atoms with Gasteiger partial charge in [0.2, 0.25) is 0 Å². The molecule has 0 amide bonds. The highest BCUT2D eigenvalue weighted by atomic mass is 16.3. The zero-order chi connectivity index (χ0) is 17.3. The summed E-state index contributed by atoms with van der Waals surface area (Å²) in [7, 11) is 0. The highest BCUT2D eigenvalue weighted by Gasteiger charge is 2.28. The summed E-state index contributed by atoms with van der Waals surface area (Å²) in [5.74, 6) is 1.06. The predicted octanol–water partition coefficient (Wildman–Crippen LogP) is 4.33. The van der Waals surface area contributed by atoms with E-state index in [0.717, 1.165) is 42.0 Å². The molecule has 1 fully saturated rings. The highest BCUT2D eigenvalue weighted by molar-refractivity contribution is 5.76. The monoisotopic (exact) mass is 344 g/mol. The Morgan fingerprint density at radius 2 is 2.00 bits per heavy atom. The van der Waals surface area contributed by atoms with Crippen molar-refractivity contribution in [1.29, 1.82) is 0 Å². The van der Waals surface area contributed by atoms with Gasteiger partial charge in [0.25, 0.3) is 0 Å². The van der Waals surface area contributed by atoms with Crippen LogP contribution >= 0.6 is 0 Å². The summed E-state index contributed by atoms with van der Waals surface area (Å²) in [6.07, 6.45) is 10.1. The first-order chi connectivity index (χ1) is 12.9. The van der Waals surface area contributed by atoms with E-state index < -0.39 is 0 Å². The highest BCUT2D eigenvalue weighted by Crippen LogP contribution is 2.33. The van der Waals surface area contributed by atoms with Gasteiger partial charge < -0.3 is 4.42 Å². The van der Waals surface area contributed by atoms with E-state index in [1.807, 2.05) is 41.2 Å². The average Bonchev–Trinajstić information content (AvgIpc) is 3.42. The van der Waals surface area contributed by atoms with Crippen LogP contribution in [0.15, 0.2) is 71.7 Å². The molecule has 1 atom stereocenters. The summed E-state index contributed by atoms with van der Waals surface area (Å²) in [5, 5.41) is 4.52. The van der Waals surface area contributed by atoms with E-state index in [1.54, 1.807) is 6.26 Å². The molecule has 5 rings (SSSR count). The van der Waals surface area contributed by atoms with Gasteiger partial charge in [-0.2, -0.15) is 5.10 Å². The van der Waals surface area contributed by atoms with Crippen molar-refractivity contribution in [1.82, 2.24) is 19.5 Å². The number of rotatable bonds is 4. The number of furan rings is 1. The lowest BCUT2D eigenvalue weighted by atomic mass is 10.1. The molecule has 1 saturated heterocycles. The maximum absolute atomic E-state index is 5.63. The van der Waals surface area contributed by atoms with Crippen LogP contribution in [0.25, 0.3) is 16.8 Å². The lowest BCUT2D eigenvalue weighted by Gasteiger charge is -2.22. The molecule has 130 valence electrons. The fourth-order valence-electron chi connectivity index (χ4n) is 3.87. The molecule has 5 nitrogen and oxygen atoms in total. The molecular weight excluding hydrogens is 324 g/mol. The molecule has 0 N–H and O–H groups in total. The van der Waals surface area contributed by atoms with Crippen molar-refractivity contribution in [3.05, 3.63) is 78.6 Å². The van der Waals surface area contributed by atoms with Gasteiger partial charge in [-0.3, -0.25) is 4.90 Å². The summed E-state index contributed by atoms with van der Waals surface area (Å²) in [6, 6.07) is 14.7. The molecule has 3 aromatic heterocycles. The van der Waals surface area contributed by atoms with Gasteiger partial charge in [-0.25, -0.2) is 9.50 Å². The molecule has 1 aromatic carbocycles. The average molecular weight is 344 g/mol. The predicted molar refractivity (Wildman–Crippen MR) is 99.5 cm³/mol. The minimum Gasteiger partial charge on any atom is -0.468 e. The van der Waals surface area contributed by atoms with Gasteiger partial charge in [-0.1, -0.05) is 30.3 Å². The zero-order valence-corrected chi connectivity index (χ0v) is 14.5. The van der Waals surface area contributed by atoms with Crippen molar-refractivity contribution >= 4 is 5.65 Å². The van der Waals surface area contributed by atoms with E-state index in [0.29, 0.717) is 6.04 Å². The Balaban J connectivity index is 1.42. The Labute approximate surface area is 151 Å². The number of benzene rings is 1. The molecular formula is C21H20N4O. The van der Waals surface area contributed by atoms with Crippen molar-refractivity contribution in [2.75, 3.05) is 6.54 Å². The van der Waals surface area contributed by atoms with Crippen molar-refractivity contribution in [2.45, 2.75) is 25.4 Å². The standard InChI is InChI=1S/C21H20N4O/c1-2-6-17(7-3-1)18-13-23-25-15-16(12-22-21(18)25)14-24-10-4-8-19(24)20-9-5-11-26-20/h1-3,5-7,9,11-13,15,19H,4,8,10,14H2. The largest absolute Gasteiger partial charge is 0.468 e. The summed E-state index contributed by atoms with van der Waals surface area (Å²) in [6.45, 7) is 1.94. The lowest BCUT2D eigenvalue weighted by molar-refractivity contribution is 0.220. The van der Waals surface area contributed by atoms with Crippen molar-refractivity contribution < 1.29 is 4.42 Å². The number of hydrogen-bond donors (Lipinski definition) is 0. The SMILES string of the molecule is c1ccc(-c2cnn3cc(CN4CCCC4c4ccco4)cnc23)cc1. The van der Waals surface area contributed by atoms with Gasteiger partial charge in [0.1, 0.15) is 5.76 Å². The smallest absolute Gasteiger partial charge is 0.162 e. The lowest BCUT2D eigenvalue weighted by Crippen LogP contribution is -2.22. The number of fused-ring (bicyclic) bond motifs is 1. The van der Waals surface area contributed by atoms with Gasteiger partial charge >= 0.3 is 0 Å². The maximum Gasteiger partial charge on any atom is 0.162 e. The van der Waals surface area contributed by atoms with Crippen LogP contribution in [0.5, 0.6) is 0 Å². The Kier molecular flexibility index (Phi) is 3.79. The van der Waals surface area contributed by atoms with E-state index in [1.165, 1.54) is 12.0 Å². The summed E-state index contributed by atoms with van der Waals surface area (Å²) in [4.78, 5) is 7.16. The molecule has 1 aliphatic heterocycles. The first-order valence-corrected chi connectivity index (χ1v) is 9.03. The summed E-state index contributed by atoms with van der Waals surface area (Å²) in [5.41, 5.74) is 4.26.